The summed E-state index contributed by atoms with van der Waals surface area (Å²) in [7, 11) is 0. The van der Waals surface area contributed by atoms with Gasteiger partial charge in [-0.25, -0.2) is 0 Å². The second-order valence-electron chi connectivity index (χ2n) is 4.18. The first-order chi connectivity index (χ1) is 7.18. The molecule has 1 aliphatic rings. The molecule has 0 aliphatic carbocycles. The van der Waals surface area contributed by atoms with Crippen molar-refractivity contribution in [1.29, 1.82) is 0 Å². The molecule has 1 atom stereocenters. The largest absolute Gasteiger partial charge is 0.381 e. The maximum Gasteiger partial charge on any atom is 0.159 e. The molecule has 15 heavy (non-hydrogen) atoms. The highest BCUT2D eigenvalue weighted by Crippen LogP contribution is 2.25. The van der Waals surface area contributed by atoms with Gasteiger partial charge >= 0.3 is 0 Å². The number of carbonyl (C=O) groups is 1. The number of anilines is 2. The van der Waals surface area contributed by atoms with Crippen LogP contribution in [0.4, 0.5) is 11.4 Å². The number of nitrogens with one attached hydrogen (secondary N) is 2. The fraction of sp³-hybridized carbons (Fsp3) is 0.417. The van der Waals surface area contributed by atoms with E-state index in [4.69, 9.17) is 0 Å². The molecule has 1 aromatic carbocycles. The molecule has 0 amide bonds. The highest BCUT2D eigenvalue weighted by atomic mass is 16.1. The first kappa shape index (κ1) is 10.0. The number of fused-ring (bicyclic) bond motifs is 1. The van der Waals surface area contributed by atoms with Gasteiger partial charge in [0.1, 0.15) is 6.04 Å². The zero-order chi connectivity index (χ0) is 10.8. The first-order valence-electron chi connectivity index (χ1n) is 5.31. The van der Waals surface area contributed by atoms with Crippen molar-refractivity contribution in [1.82, 2.24) is 0 Å². The Kier molecular flexibility index (Phi) is 2.62. The first-order valence-corrected chi connectivity index (χ1v) is 5.31. The van der Waals surface area contributed by atoms with Crippen LogP contribution in [0.5, 0.6) is 0 Å². The van der Waals surface area contributed by atoms with Gasteiger partial charge < -0.3 is 10.6 Å². The van der Waals surface area contributed by atoms with Gasteiger partial charge in [0.25, 0.3) is 0 Å². The van der Waals surface area contributed by atoms with Crippen molar-refractivity contribution in [2.45, 2.75) is 19.9 Å². The Balaban J connectivity index is 2.15. The van der Waals surface area contributed by atoms with Gasteiger partial charge in [-0.05, 0) is 12.1 Å². The minimum Gasteiger partial charge on any atom is -0.381 e. The lowest BCUT2D eigenvalue weighted by molar-refractivity contribution is -0.122. The van der Waals surface area contributed by atoms with Gasteiger partial charge in [-0.15, -0.1) is 0 Å². The quantitative estimate of drug-likeness (QED) is 0.775. The number of Topliss-reactive ketones (excluding diaryl/α,β-unsaturated/α-hetero) is 1. The fourth-order valence-corrected chi connectivity index (χ4v) is 1.79. The van der Waals surface area contributed by atoms with Crippen LogP contribution in [0, 0.1) is 5.92 Å². The number of carbonyl (C=O) groups excluding carboxylic acids is 1. The molecule has 0 fully saturated rings. The Morgan fingerprint density at radius 3 is 2.67 bits per heavy atom. The molecule has 0 spiro atoms. The van der Waals surface area contributed by atoms with Crippen LogP contribution in [0.3, 0.4) is 0 Å². The molecule has 0 bridgehead atoms. The predicted molar refractivity (Wildman–Crippen MR) is 62.2 cm³/mol. The molecule has 80 valence electrons. The van der Waals surface area contributed by atoms with E-state index < -0.39 is 0 Å². The van der Waals surface area contributed by atoms with Crippen molar-refractivity contribution in [2.75, 3.05) is 17.2 Å². The Labute approximate surface area is 89.9 Å². The highest BCUT2D eigenvalue weighted by Gasteiger charge is 2.24. The van der Waals surface area contributed by atoms with E-state index >= 15 is 0 Å². The van der Waals surface area contributed by atoms with Crippen LogP contribution in [0.2, 0.25) is 0 Å². The number of para-hydroxylation sites is 2. The van der Waals surface area contributed by atoms with E-state index in [1.807, 2.05) is 38.1 Å². The van der Waals surface area contributed by atoms with E-state index in [1.165, 1.54) is 0 Å². The molecule has 1 aliphatic heterocycles. The Morgan fingerprint density at radius 1 is 1.33 bits per heavy atom. The Hall–Kier alpha value is -1.51. The molecule has 0 aromatic heterocycles. The molecule has 3 nitrogen and oxygen atoms in total. The average molecular weight is 204 g/mol. The molecular formula is C12H16N2O. The van der Waals surface area contributed by atoms with Gasteiger partial charge in [0, 0.05) is 12.5 Å². The summed E-state index contributed by atoms with van der Waals surface area (Å²) in [5, 5.41) is 6.53. The number of rotatable bonds is 2. The molecule has 2 rings (SSSR count). The summed E-state index contributed by atoms with van der Waals surface area (Å²) in [6.45, 7) is 4.54. The Bertz CT molecular complexity index is 374. The molecule has 0 saturated heterocycles. The van der Waals surface area contributed by atoms with Crippen molar-refractivity contribution in [3.8, 4) is 0 Å². The second kappa shape index (κ2) is 3.93. The zero-order valence-corrected chi connectivity index (χ0v) is 9.08. The van der Waals surface area contributed by atoms with Crippen LogP contribution in [-0.2, 0) is 4.79 Å². The molecule has 0 unspecified atom stereocenters. The highest BCUT2D eigenvalue weighted by molar-refractivity contribution is 5.91. The lowest BCUT2D eigenvalue weighted by atomic mass is 9.99. The summed E-state index contributed by atoms with van der Waals surface area (Å²) in [5.74, 6) is 0.339. The fourth-order valence-electron chi connectivity index (χ4n) is 1.79. The van der Waals surface area contributed by atoms with Crippen molar-refractivity contribution in [3.05, 3.63) is 24.3 Å². The minimum atomic E-state index is -0.0973. The second-order valence-corrected chi connectivity index (χ2v) is 4.18. The van der Waals surface area contributed by atoms with Gasteiger partial charge in [-0.3, -0.25) is 4.79 Å². The summed E-state index contributed by atoms with van der Waals surface area (Å²) in [4.78, 5) is 11.8. The molecule has 1 heterocycles. The van der Waals surface area contributed by atoms with E-state index in [0.29, 0.717) is 6.54 Å². The third-order valence-corrected chi connectivity index (χ3v) is 2.67. The predicted octanol–water partition coefficient (Wildman–Crippen LogP) is 2.12. The van der Waals surface area contributed by atoms with Gasteiger partial charge in [-0.2, -0.15) is 0 Å². The van der Waals surface area contributed by atoms with Gasteiger partial charge in [-0.1, -0.05) is 26.0 Å². The minimum absolute atomic E-state index is 0.0783. The standard InChI is InChI=1S/C12H16N2O/c1-8(2)12(15)11-7-13-9-5-3-4-6-10(9)14-11/h3-6,8,11,13-14H,7H2,1-2H3/t11-/m0/s1. The maximum absolute atomic E-state index is 11.8. The molecule has 3 heteroatoms. The van der Waals surface area contributed by atoms with Crippen molar-refractivity contribution >= 4 is 17.2 Å². The van der Waals surface area contributed by atoms with Crippen LogP contribution in [0.15, 0.2) is 24.3 Å². The van der Waals surface area contributed by atoms with Crippen LogP contribution in [0.25, 0.3) is 0 Å². The van der Waals surface area contributed by atoms with Gasteiger partial charge in [0.15, 0.2) is 5.78 Å². The van der Waals surface area contributed by atoms with Crippen molar-refractivity contribution in [3.63, 3.8) is 0 Å². The smallest absolute Gasteiger partial charge is 0.159 e. The number of hydrogen-bond donors (Lipinski definition) is 2. The average Bonchev–Trinajstić information content (AvgIpc) is 2.27. The lowest BCUT2D eigenvalue weighted by Crippen LogP contribution is -2.41. The molecule has 2 N–H and O–H groups in total. The normalized spacial score (nSPS) is 19.0. The molecule has 1 aromatic rings. The van der Waals surface area contributed by atoms with Gasteiger partial charge in [0.05, 0.1) is 11.4 Å². The van der Waals surface area contributed by atoms with Crippen molar-refractivity contribution < 1.29 is 4.79 Å². The topological polar surface area (TPSA) is 41.1 Å². The zero-order valence-electron chi connectivity index (χ0n) is 9.08. The van der Waals surface area contributed by atoms with E-state index in [0.717, 1.165) is 11.4 Å². The SMILES string of the molecule is CC(C)C(=O)[C@@H]1CNc2ccccc2N1. The molecule has 0 saturated carbocycles. The summed E-state index contributed by atoms with van der Waals surface area (Å²) in [6, 6.07) is 7.86. The van der Waals surface area contributed by atoms with Crippen LogP contribution < -0.4 is 10.6 Å². The maximum atomic E-state index is 11.8. The molecule has 0 radical (unpaired) electrons. The lowest BCUT2D eigenvalue weighted by Gasteiger charge is -2.28. The molecular weight excluding hydrogens is 188 g/mol. The summed E-state index contributed by atoms with van der Waals surface area (Å²) in [5.41, 5.74) is 2.09. The third kappa shape index (κ3) is 1.96. The van der Waals surface area contributed by atoms with E-state index in [-0.39, 0.29) is 17.7 Å². The van der Waals surface area contributed by atoms with Gasteiger partial charge in [0.2, 0.25) is 0 Å². The van der Waals surface area contributed by atoms with Crippen LogP contribution in [-0.4, -0.2) is 18.4 Å². The van der Waals surface area contributed by atoms with Crippen LogP contribution in [0.1, 0.15) is 13.8 Å². The summed E-state index contributed by atoms with van der Waals surface area (Å²) in [6.07, 6.45) is 0. The van der Waals surface area contributed by atoms with E-state index in [9.17, 15) is 4.79 Å². The van der Waals surface area contributed by atoms with Crippen molar-refractivity contribution in [2.24, 2.45) is 5.92 Å². The number of ketones is 1. The van der Waals surface area contributed by atoms with E-state index in [1.54, 1.807) is 0 Å². The third-order valence-electron chi connectivity index (χ3n) is 2.67. The Morgan fingerprint density at radius 2 is 2.00 bits per heavy atom. The number of benzene rings is 1. The van der Waals surface area contributed by atoms with E-state index in [2.05, 4.69) is 10.6 Å². The summed E-state index contributed by atoms with van der Waals surface area (Å²) >= 11 is 0. The monoisotopic (exact) mass is 204 g/mol. The number of hydrogen-bond acceptors (Lipinski definition) is 3. The summed E-state index contributed by atoms with van der Waals surface area (Å²) < 4.78 is 0. The van der Waals surface area contributed by atoms with Crippen LogP contribution >= 0.6 is 0 Å².